The minimum atomic E-state index is -0.417. The number of piperidine rings is 1. The summed E-state index contributed by atoms with van der Waals surface area (Å²) in [6.45, 7) is 7.58. The van der Waals surface area contributed by atoms with Crippen molar-refractivity contribution in [3.8, 4) is 5.69 Å². The van der Waals surface area contributed by atoms with Crippen LogP contribution in [0.3, 0.4) is 0 Å². The van der Waals surface area contributed by atoms with Gasteiger partial charge in [0.25, 0.3) is 0 Å². The van der Waals surface area contributed by atoms with Gasteiger partial charge in [-0.25, -0.2) is 19.4 Å². The SMILES string of the molecule is CCOC(=O)c1cc(N2CCC(N3CCOCC3)CC2)c2c(C3CCC3)nn(-c3ccnc(Cl)c3)c2n1. The number of hydrogen-bond donors (Lipinski definition) is 0. The molecule has 10 heteroatoms. The van der Waals surface area contributed by atoms with Crippen molar-refractivity contribution in [1.29, 1.82) is 0 Å². The molecule has 2 aliphatic heterocycles. The second-order valence-corrected chi connectivity index (χ2v) is 10.5. The molecule has 0 spiro atoms. The Morgan fingerprint density at radius 1 is 1.14 bits per heavy atom. The van der Waals surface area contributed by atoms with Gasteiger partial charge in [0.15, 0.2) is 11.3 Å². The van der Waals surface area contributed by atoms with Crippen molar-refractivity contribution in [2.24, 2.45) is 0 Å². The number of morpholine rings is 1. The molecule has 0 unspecified atom stereocenters. The second-order valence-electron chi connectivity index (χ2n) is 10.1. The highest BCUT2D eigenvalue weighted by Crippen LogP contribution is 2.43. The van der Waals surface area contributed by atoms with E-state index >= 15 is 0 Å². The fourth-order valence-corrected chi connectivity index (χ4v) is 5.94. The van der Waals surface area contributed by atoms with Gasteiger partial charge in [-0.3, -0.25) is 4.90 Å². The molecule has 0 radical (unpaired) electrons. The lowest BCUT2D eigenvalue weighted by atomic mass is 9.82. The molecule has 37 heavy (non-hydrogen) atoms. The van der Waals surface area contributed by atoms with Gasteiger partial charge in [0.2, 0.25) is 0 Å². The van der Waals surface area contributed by atoms with Crippen LogP contribution in [0.15, 0.2) is 24.4 Å². The summed E-state index contributed by atoms with van der Waals surface area (Å²) >= 11 is 6.24. The molecular formula is C27H33ClN6O3. The van der Waals surface area contributed by atoms with Gasteiger partial charge in [0.05, 0.1) is 42.3 Å². The number of hydrogen-bond acceptors (Lipinski definition) is 8. The van der Waals surface area contributed by atoms with Crippen molar-refractivity contribution in [3.63, 3.8) is 0 Å². The van der Waals surface area contributed by atoms with Crippen molar-refractivity contribution in [1.82, 2.24) is 24.6 Å². The summed E-state index contributed by atoms with van der Waals surface area (Å²) in [4.78, 5) is 26.8. The van der Waals surface area contributed by atoms with E-state index in [1.54, 1.807) is 12.3 Å². The first-order chi connectivity index (χ1) is 18.1. The molecule has 3 aromatic rings. The smallest absolute Gasteiger partial charge is 0.357 e. The van der Waals surface area contributed by atoms with Crippen LogP contribution < -0.4 is 4.90 Å². The lowest BCUT2D eigenvalue weighted by molar-refractivity contribution is 0.0115. The van der Waals surface area contributed by atoms with E-state index in [1.807, 2.05) is 23.7 Å². The molecule has 196 valence electrons. The van der Waals surface area contributed by atoms with Crippen LogP contribution in [-0.2, 0) is 9.47 Å². The topological polar surface area (TPSA) is 85.6 Å². The molecule has 2 saturated heterocycles. The zero-order valence-corrected chi connectivity index (χ0v) is 22.0. The van der Waals surface area contributed by atoms with Crippen molar-refractivity contribution in [2.45, 2.75) is 51.0 Å². The van der Waals surface area contributed by atoms with Gasteiger partial charge in [-0.05, 0) is 44.7 Å². The summed E-state index contributed by atoms with van der Waals surface area (Å²) in [7, 11) is 0. The minimum Gasteiger partial charge on any atom is -0.461 e. The van der Waals surface area contributed by atoms with Gasteiger partial charge in [-0.1, -0.05) is 18.0 Å². The van der Waals surface area contributed by atoms with Gasteiger partial charge >= 0.3 is 5.97 Å². The van der Waals surface area contributed by atoms with Crippen LogP contribution in [0.2, 0.25) is 5.15 Å². The minimum absolute atomic E-state index is 0.297. The highest BCUT2D eigenvalue weighted by molar-refractivity contribution is 6.29. The summed E-state index contributed by atoms with van der Waals surface area (Å²) in [5.74, 6) is -0.0273. The Morgan fingerprint density at radius 2 is 1.92 bits per heavy atom. The summed E-state index contributed by atoms with van der Waals surface area (Å²) in [5.41, 5.74) is 3.84. The molecule has 6 rings (SSSR count). The number of ether oxygens (including phenoxy) is 2. The lowest BCUT2D eigenvalue weighted by Gasteiger charge is -2.41. The molecule has 1 saturated carbocycles. The fourth-order valence-electron chi connectivity index (χ4n) is 5.77. The van der Waals surface area contributed by atoms with E-state index in [0.717, 1.165) is 87.5 Å². The van der Waals surface area contributed by atoms with Crippen LogP contribution in [0.5, 0.6) is 0 Å². The molecule has 3 aliphatic rings. The van der Waals surface area contributed by atoms with E-state index in [4.69, 9.17) is 31.2 Å². The number of carbonyl (C=O) groups is 1. The predicted molar refractivity (Wildman–Crippen MR) is 142 cm³/mol. The van der Waals surface area contributed by atoms with Crippen LogP contribution in [-0.4, -0.2) is 82.7 Å². The van der Waals surface area contributed by atoms with Gasteiger partial charge in [-0.15, -0.1) is 0 Å². The Morgan fingerprint density at radius 3 is 2.59 bits per heavy atom. The number of pyridine rings is 2. The zero-order chi connectivity index (χ0) is 25.4. The number of aromatic nitrogens is 4. The Hall–Kier alpha value is -2.75. The highest BCUT2D eigenvalue weighted by Gasteiger charge is 2.32. The molecule has 3 aromatic heterocycles. The van der Waals surface area contributed by atoms with Gasteiger partial charge in [-0.2, -0.15) is 5.10 Å². The Bertz CT molecular complexity index is 1280. The number of halogens is 1. The predicted octanol–water partition coefficient (Wildman–Crippen LogP) is 4.21. The maximum absolute atomic E-state index is 12.9. The Balaban J connectivity index is 1.44. The Kier molecular flexibility index (Phi) is 7.01. The molecule has 5 heterocycles. The molecule has 0 bridgehead atoms. The molecule has 0 N–H and O–H groups in total. The monoisotopic (exact) mass is 524 g/mol. The molecule has 0 amide bonds. The number of fused-ring (bicyclic) bond motifs is 1. The van der Waals surface area contributed by atoms with Crippen LogP contribution in [0.25, 0.3) is 16.7 Å². The van der Waals surface area contributed by atoms with E-state index in [9.17, 15) is 4.79 Å². The summed E-state index contributed by atoms with van der Waals surface area (Å²) < 4.78 is 12.7. The van der Waals surface area contributed by atoms with Crippen LogP contribution >= 0.6 is 11.6 Å². The fraction of sp³-hybridized carbons (Fsp3) is 0.556. The van der Waals surface area contributed by atoms with Gasteiger partial charge < -0.3 is 14.4 Å². The lowest BCUT2D eigenvalue weighted by Crippen LogP contribution is -2.49. The highest BCUT2D eigenvalue weighted by atomic mass is 35.5. The number of nitrogens with zero attached hydrogens (tertiary/aromatic N) is 6. The summed E-state index contributed by atoms with van der Waals surface area (Å²) in [6, 6.07) is 6.14. The number of esters is 1. The van der Waals surface area contributed by atoms with E-state index in [2.05, 4.69) is 14.8 Å². The van der Waals surface area contributed by atoms with E-state index in [0.29, 0.717) is 35.1 Å². The molecule has 0 atom stereocenters. The van der Waals surface area contributed by atoms with Gasteiger partial charge in [0.1, 0.15) is 5.15 Å². The average molecular weight is 525 g/mol. The molecule has 9 nitrogen and oxygen atoms in total. The third-order valence-corrected chi connectivity index (χ3v) is 8.15. The second kappa shape index (κ2) is 10.6. The zero-order valence-electron chi connectivity index (χ0n) is 21.2. The standard InChI is InChI=1S/C27H33ClN6O3/c1-2-37-27(35)21-17-22(33-10-7-19(8-11-33)32-12-14-36-15-13-32)24-25(18-4-3-5-18)31-34(26(24)30-21)20-6-9-29-23(28)16-20/h6,9,16-19H,2-5,7-8,10-15H2,1H3. The summed E-state index contributed by atoms with van der Waals surface area (Å²) in [5, 5.41) is 6.50. The Labute approximate surface area is 221 Å². The molecular weight excluding hydrogens is 492 g/mol. The number of rotatable bonds is 6. The molecule has 1 aliphatic carbocycles. The average Bonchev–Trinajstić information content (AvgIpc) is 3.27. The van der Waals surface area contributed by atoms with Crippen LogP contribution in [0.1, 0.15) is 61.1 Å². The number of carbonyl (C=O) groups excluding carboxylic acids is 1. The maximum atomic E-state index is 12.9. The first-order valence-corrected chi connectivity index (χ1v) is 13.8. The largest absolute Gasteiger partial charge is 0.461 e. The summed E-state index contributed by atoms with van der Waals surface area (Å²) in [6.07, 6.45) is 7.25. The maximum Gasteiger partial charge on any atom is 0.357 e. The van der Waals surface area contributed by atoms with Gasteiger partial charge in [0, 0.05) is 50.4 Å². The third-order valence-electron chi connectivity index (χ3n) is 7.94. The van der Waals surface area contributed by atoms with E-state index in [-0.39, 0.29) is 0 Å². The molecule has 0 aromatic carbocycles. The van der Waals surface area contributed by atoms with Crippen molar-refractivity contribution < 1.29 is 14.3 Å². The third kappa shape index (κ3) is 4.80. The first kappa shape index (κ1) is 24.6. The van der Waals surface area contributed by atoms with E-state index < -0.39 is 5.97 Å². The van der Waals surface area contributed by atoms with Crippen LogP contribution in [0, 0.1) is 0 Å². The first-order valence-electron chi connectivity index (χ1n) is 13.4. The van der Waals surface area contributed by atoms with Crippen LogP contribution in [0.4, 0.5) is 5.69 Å². The molecule has 3 fully saturated rings. The van der Waals surface area contributed by atoms with Crippen molar-refractivity contribution >= 4 is 34.3 Å². The number of anilines is 1. The van der Waals surface area contributed by atoms with E-state index in [1.165, 1.54) is 6.42 Å². The quantitative estimate of drug-likeness (QED) is 0.350. The normalized spacial score (nSPS) is 19.8. The van der Waals surface area contributed by atoms with Crippen molar-refractivity contribution in [3.05, 3.63) is 40.9 Å². The van der Waals surface area contributed by atoms with Crippen molar-refractivity contribution in [2.75, 3.05) is 50.9 Å².